The van der Waals surface area contributed by atoms with E-state index in [2.05, 4.69) is 16.7 Å². The Hall–Kier alpha value is -1.06. The van der Waals surface area contributed by atoms with E-state index < -0.39 is 0 Å². The maximum atomic E-state index is 12.3. The van der Waals surface area contributed by atoms with E-state index in [4.69, 9.17) is 11.6 Å². The largest absolute Gasteiger partial charge is 0.349 e. The van der Waals surface area contributed by atoms with Gasteiger partial charge < -0.3 is 10.6 Å². The number of halogens is 1. The van der Waals surface area contributed by atoms with Crippen LogP contribution in [0.4, 0.5) is 0 Å². The molecule has 1 aliphatic carbocycles. The Morgan fingerprint density at radius 3 is 2.84 bits per heavy atom. The highest BCUT2D eigenvalue weighted by atomic mass is 35.5. The van der Waals surface area contributed by atoms with Gasteiger partial charge >= 0.3 is 0 Å². The summed E-state index contributed by atoms with van der Waals surface area (Å²) in [6.07, 6.45) is 3.90. The van der Waals surface area contributed by atoms with Crippen LogP contribution in [0.1, 0.15) is 36.4 Å². The first kappa shape index (κ1) is 12.9. The summed E-state index contributed by atoms with van der Waals surface area (Å²) >= 11 is 6.00. The average molecular weight is 279 g/mol. The van der Waals surface area contributed by atoms with Gasteiger partial charge in [-0.05, 0) is 62.0 Å². The molecule has 2 aliphatic rings. The van der Waals surface area contributed by atoms with Crippen molar-refractivity contribution in [3.63, 3.8) is 0 Å². The van der Waals surface area contributed by atoms with Crippen LogP contribution in [0.15, 0.2) is 18.2 Å². The average Bonchev–Trinajstić information content (AvgIpc) is 2.82. The number of nitrogens with one attached hydrogen (secondary N) is 2. The topological polar surface area (TPSA) is 41.1 Å². The molecule has 3 rings (SSSR count). The molecule has 0 aromatic heterocycles. The summed E-state index contributed by atoms with van der Waals surface area (Å²) < 4.78 is 0. The van der Waals surface area contributed by atoms with Crippen molar-refractivity contribution in [3.05, 3.63) is 34.3 Å². The lowest BCUT2D eigenvalue weighted by Gasteiger charge is -2.24. The SMILES string of the molecule is O=C(NC1CCc2cc(Cl)ccc21)C1CCNCC1. The van der Waals surface area contributed by atoms with Crippen LogP contribution in [0.25, 0.3) is 0 Å². The van der Waals surface area contributed by atoms with Gasteiger partial charge in [-0.25, -0.2) is 0 Å². The quantitative estimate of drug-likeness (QED) is 0.872. The van der Waals surface area contributed by atoms with Crippen molar-refractivity contribution in [2.24, 2.45) is 5.92 Å². The molecule has 102 valence electrons. The third-order valence-corrected chi connectivity index (χ3v) is 4.44. The molecule has 1 aromatic rings. The van der Waals surface area contributed by atoms with Gasteiger partial charge in [0.25, 0.3) is 0 Å². The molecular weight excluding hydrogens is 260 g/mol. The first-order chi connectivity index (χ1) is 9.24. The summed E-state index contributed by atoms with van der Waals surface area (Å²) in [6, 6.07) is 6.16. The first-order valence-corrected chi connectivity index (χ1v) is 7.41. The summed E-state index contributed by atoms with van der Waals surface area (Å²) in [6.45, 7) is 1.91. The summed E-state index contributed by atoms with van der Waals surface area (Å²) in [4.78, 5) is 12.3. The highest BCUT2D eigenvalue weighted by Gasteiger charge is 2.27. The molecule has 1 amide bonds. The lowest BCUT2D eigenvalue weighted by atomic mass is 9.96. The number of piperidine rings is 1. The summed E-state index contributed by atoms with van der Waals surface area (Å²) in [7, 11) is 0. The van der Waals surface area contributed by atoms with Crippen molar-refractivity contribution in [1.82, 2.24) is 10.6 Å². The summed E-state index contributed by atoms with van der Waals surface area (Å²) in [5, 5.41) is 7.29. The fraction of sp³-hybridized carbons (Fsp3) is 0.533. The number of hydrogen-bond acceptors (Lipinski definition) is 2. The van der Waals surface area contributed by atoms with Gasteiger partial charge in [-0.3, -0.25) is 4.79 Å². The molecule has 1 fully saturated rings. The number of aryl methyl sites for hydroxylation is 1. The van der Waals surface area contributed by atoms with E-state index in [1.807, 2.05) is 12.1 Å². The van der Waals surface area contributed by atoms with Gasteiger partial charge in [-0.15, -0.1) is 0 Å². The van der Waals surface area contributed by atoms with Gasteiger partial charge in [0.05, 0.1) is 6.04 Å². The monoisotopic (exact) mass is 278 g/mol. The third kappa shape index (κ3) is 2.77. The van der Waals surface area contributed by atoms with E-state index in [0.29, 0.717) is 0 Å². The Balaban J connectivity index is 1.67. The molecule has 0 radical (unpaired) electrons. The fourth-order valence-electron chi connectivity index (χ4n) is 3.11. The van der Waals surface area contributed by atoms with Crippen molar-refractivity contribution in [1.29, 1.82) is 0 Å². The van der Waals surface area contributed by atoms with Crippen molar-refractivity contribution >= 4 is 17.5 Å². The molecule has 0 bridgehead atoms. The zero-order valence-electron chi connectivity index (χ0n) is 10.9. The molecule has 1 atom stereocenters. The molecule has 0 saturated carbocycles. The van der Waals surface area contributed by atoms with E-state index in [1.165, 1.54) is 11.1 Å². The maximum absolute atomic E-state index is 12.3. The van der Waals surface area contributed by atoms with Gasteiger partial charge in [-0.2, -0.15) is 0 Å². The van der Waals surface area contributed by atoms with Crippen molar-refractivity contribution in [2.45, 2.75) is 31.7 Å². The van der Waals surface area contributed by atoms with Crippen LogP contribution in [0.5, 0.6) is 0 Å². The van der Waals surface area contributed by atoms with Crippen LogP contribution in [0.3, 0.4) is 0 Å². The molecule has 1 heterocycles. The number of amides is 1. The van der Waals surface area contributed by atoms with Crippen LogP contribution in [0, 0.1) is 5.92 Å². The van der Waals surface area contributed by atoms with Gasteiger partial charge in [0.1, 0.15) is 0 Å². The van der Waals surface area contributed by atoms with Gasteiger partial charge in [0.15, 0.2) is 0 Å². The second-order valence-corrected chi connectivity index (χ2v) is 5.90. The smallest absolute Gasteiger partial charge is 0.223 e. The highest BCUT2D eigenvalue weighted by molar-refractivity contribution is 6.30. The molecule has 4 heteroatoms. The van der Waals surface area contributed by atoms with Crippen LogP contribution in [-0.4, -0.2) is 19.0 Å². The van der Waals surface area contributed by atoms with E-state index in [1.54, 1.807) is 0 Å². The van der Waals surface area contributed by atoms with E-state index in [-0.39, 0.29) is 17.9 Å². The third-order valence-electron chi connectivity index (χ3n) is 4.21. The van der Waals surface area contributed by atoms with E-state index in [9.17, 15) is 4.79 Å². The normalized spacial score (nSPS) is 23.1. The summed E-state index contributed by atoms with van der Waals surface area (Å²) in [5.74, 6) is 0.395. The Bertz CT molecular complexity index is 483. The second kappa shape index (κ2) is 5.51. The first-order valence-electron chi connectivity index (χ1n) is 7.03. The molecule has 1 aliphatic heterocycles. The zero-order chi connectivity index (χ0) is 13.2. The molecule has 1 unspecified atom stereocenters. The zero-order valence-corrected chi connectivity index (χ0v) is 11.7. The minimum atomic E-state index is 0.176. The Labute approximate surface area is 118 Å². The second-order valence-electron chi connectivity index (χ2n) is 5.47. The summed E-state index contributed by atoms with van der Waals surface area (Å²) in [5.41, 5.74) is 2.52. The standard InChI is InChI=1S/C15H19ClN2O/c16-12-2-3-13-11(9-12)1-4-14(13)18-15(19)10-5-7-17-8-6-10/h2-3,9-10,14,17H,1,4-8H2,(H,18,19). The van der Waals surface area contributed by atoms with Crippen LogP contribution < -0.4 is 10.6 Å². The van der Waals surface area contributed by atoms with Gasteiger partial charge in [0, 0.05) is 10.9 Å². The van der Waals surface area contributed by atoms with Crippen LogP contribution >= 0.6 is 11.6 Å². The fourth-order valence-corrected chi connectivity index (χ4v) is 3.30. The number of fused-ring (bicyclic) bond motifs is 1. The predicted molar refractivity (Wildman–Crippen MR) is 76.3 cm³/mol. The molecule has 2 N–H and O–H groups in total. The Kier molecular flexibility index (Phi) is 3.76. The van der Waals surface area contributed by atoms with E-state index in [0.717, 1.165) is 43.8 Å². The number of rotatable bonds is 2. The number of benzene rings is 1. The molecule has 0 spiro atoms. The number of hydrogen-bond donors (Lipinski definition) is 2. The van der Waals surface area contributed by atoms with Crippen molar-refractivity contribution in [2.75, 3.05) is 13.1 Å². The molecular formula is C15H19ClN2O. The lowest BCUT2D eigenvalue weighted by Crippen LogP contribution is -2.39. The minimum absolute atomic E-state index is 0.176. The highest BCUT2D eigenvalue weighted by Crippen LogP contribution is 2.33. The van der Waals surface area contributed by atoms with Crippen LogP contribution in [0.2, 0.25) is 5.02 Å². The molecule has 1 aromatic carbocycles. The van der Waals surface area contributed by atoms with Crippen LogP contribution in [-0.2, 0) is 11.2 Å². The number of carbonyl (C=O) groups excluding carboxylic acids is 1. The van der Waals surface area contributed by atoms with E-state index >= 15 is 0 Å². The lowest BCUT2D eigenvalue weighted by molar-refractivity contribution is -0.126. The Morgan fingerprint density at radius 2 is 2.05 bits per heavy atom. The molecule has 19 heavy (non-hydrogen) atoms. The number of carbonyl (C=O) groups is 1. The van der Waals surface area contributed by atoms with Gasteiger partial charge in [0.2, 0.25) is 5.91 Å². The van der Waals surface area contributed by atoms with Crippen molar-refractivity contribution < 1.29 is 4.79 Å². The van der Waals surface area contributed by atoms with Crippen molar-refractivity contribution in [3.8, 4) is 0 Å². The van der Waals surface area contributed by atoms with Gasteiger partial charge in [-0.1, -0.05) is 17.7 Å². The maximum Gasteiger partial charge on any atom is 0.223 e. The molecule has 1 saturated heterocycles. The molecule has 3 nitrogen and oxygen atoms in total. The minimum Gasteiger partial charge on any atom is -0.349 e. The Morgan fingerprint density at radius 1 is 1.26 bits per heavy atom. The predicted octanol–water partition coefficient (Wildman–Crippen LogP) is 2.44.